The number of nitrogens with two attached hydrogens (primary N) is 1. The molecule has 2 aromatic rings. The summed E-state index contributed by atoms with van der Waals surface area (Å²) < 4.78 is 5.08. The molecule has 2 heterocycles. The molecule has 0 atom stereocenters. The molecular weight excluding hydrogens is 276 g/mol. The van der Waals surface area contributed by atoms with Gasteiger partial charge in [0.2, 0.25) is 5.91 Å². The summed E-state index contributed by atoms with van der Waals surface area (Å²) in [5.74, 6) is 2.21. The normalized spacial score (nSPS) is 10.5. The number of amides is 1. The summed E-state index contributed by atoms with van der Waals surface area (Å²) in [5, 5.41) is 6.64. The van der Waals surface area contributed by atoms with E-state index in [1.54, 1.807) is 12.1 Å². The van der Waals surface area contributed by atoms with Crippen LogP contribution in [0.3, 0.4) is 0 Å². The molecule has 0 aromatic carbocycles. The highest BCUT2D eigenvalue weighted by atomic mass is 32.2. The maximum atomic E-state index is 11.8. The van der Waals surface area contributed by atoms with E-state index in [1.165, 1.54) is 18.0 Å². The van der Waals surface area contributed by atoms with Gasteiger partial charge in [-0.3, -0.25) is 4.79 Å². The monoisotopic (exact) mass is 292 g/mol. The van der Waals surface area contributed by atoms with E-state index in [-0.39, 0.29) is 5.91 Å². The molecule has 0 aliphatic heterocycles. The van der Waals surface area contributed by atoms with Crippen molar-refractivity contribution in [2.45, 2.75) is 19.6 Å². The molecule has 1 amide bonds. The average molecular weight is 292 g/mol. The van der Waals surface area contributed by atoms with E-state index in [0.29, 0.717) is 23.0 Å². The van der Waals surface area contributed by atoms with E-state index < -0.39 is 0 Å². The van der Waals surface area contributed by atoms with E-state index in [0.717, 1.165) is 17.0 Å². The van der Waals surface area contributed by atoms with Gasteiger partial charge in [0.1, 0.15) is 11.6 Å². The lowest BCUT2D eigenvalue weighted by atomic mass is 10.2. The molecule has 0 bridgehead atoms. The third kappa shape index (κ3) is 3.74. The molecule has 0 saturated heterocycles. The van der Waals surface area contributed by atoms with Crippen LogP contribution in [0.15, 0.2) is 22.9 Å². The molecule has 3 N–H and O–H groups in total. The quantitative estimate of drug-likeness (QED) is 0.876. The summed E-state index contributed by atoms with van der Waals surface area (Å²) in [7, 11) is 0. The summed E-state index contributed by atoms with van der Waals surface area (Å²) >= 11 is 1.51. The molecule has 106 valence electrons. The fourth-order valence-electron chi connectivity index (χ4n) is 1.63. The van der Waals surface area contributed by atoms with Crippen LogP contribution < -0.4 is 11.1 Å². The zero-order valence-corrected chi connectivity index (χ0v) is 12.2. The van der Waals surface area contributed by atoms with Crippen LogP contribution in [-0.4, -0.2) is 21.8 Å². The number of anilines is 2. The Morgan fingerprint density at radius 2 is 2.25 bits per heavy atom. The number of nitrogen functional groups attached to an aromatic ring is 1. The van der Waals surface area contributed by atoms with Gasteiger partial charge in [-0.05, 0) is 26.0 Å². The van der Waals surface area contributed by atoms with Crippen molar-refractivity contribution in [1.29, 1.82) is 0 Å². The second kappa shape index (κ2) is 6.42. The van der Waals surface area contributed by atoms with Gasteiger partial charge in [-0.1, -0.05) is 5.16 Å². The van der Waals surface area contributed by atoms with Gasteiger partial charge in [0.25, 0.3) is 0 Å². The van der Waals surface area contributed by atoms with Gasteiger partial charge in [-0.15, -0.1) is 11.8 Å². The predicted octanol–water partition coefficient (Wildman–Crippen LogP) is 2.14. The van der Waals surface area contributed by atoms with Crippen LogP contribution >= 0.6 is 11.8 Å². The largest absolute Gasteiger partial charge is 0.384 e. The minimum Gasteiger partial charge on any atom is -0.384 e. The van der Waals surface area contributed by atoms with E-state index in [2.05, 4.69) is 15.5 Å². The van der Waals surface area contributed by atoms with E-state index >= 15 is 0 Å². The first-order valence-electron chi connectivity index (χ1n) is 6.07. The van der Waals surface area contributed by atoms with Gasteiger partial charge in [0.15, 0.2) is 0 Å². The maximum Gasteiger partial charge on any atom is 0.234 e. The van der Waals surface area contributed by atoms with Gasteiger partial charge in [0, 0.05) is 11.3 Å². The molecule has 20 heavy (non-hydrogen) atoms. The van der Waals surface area contributed by atoms with Crippen LogP contribution in [0.2, 0.25) is 0 Å². The Bertz CT molecular complexity index is 575. The maximum absolute atomic E-state index is 11.8. The standard InChI is InChI=1S/C13H16N4O2S/c1-8-11(9(2)19-17-8)6-20-7-13(18)16-10-3-4-12(14)15-5-10/h3-5H,6-7H2,1-2H3,(H2,14,15)(H,16,18). The number of carbonyl (C=O) groups is 1. The van der Waals surface area contributed by atoms with Crippen molar-refractivity contribution in [2.75, 3.05) is 16.8 Å². The van der Waals surface area contributed by atoms with Crippen molar-refractivity contribution in [3.05, 3.63) is 35.3 Å². The van der Waals surface area contributed by atoms with Crippen LogP contribution in [-0.2, 0) is 10.5 Å². The number of carbonyl (C=O) groups excluding carboxylic acids is 1. The highest BCUT2D eigenvalue weighted by Crippen LogP contribution is 2.19. The zero-order valence-electron chi connectivity index (χ0n) is 11.3. The molecule has 0 saturated carbocycles. The lowest BCUT2D eigenvalue weighted by molar-refractivity contribution is -0.113. The number of nitrogens with one attached hydrogen (secondary N) is 1. The van der Waals surface area contributed by atoms with Crippen molar-refractivity contribution in [3.8, 4) is 0 Å². The molecular formula is C13H16N4O2S. The second-order valence-electron chi connectivity index (χ2n) is 4.32. The van der Waals surface area contributed by atoms with Crippen molar-refractivity contribution < 1.29 is 9.32 Å². The van der Waals surface area contributed by atoms with Gasteiger partial charge in [0.05, 0.1) is 23.3 Å². The average Bonchev–Trinajstić information content (AvgIpc) is 2.73. The Morgan fingerprint density at radius 1 is 1.45 bits per heavy atom. The number of hydrogen-bond donors (Lipinski definition) is 2. The fourth-order valence-corrected chi connectivity index (χ4v) is 2.61. The van der Waals surface area contributed by atoms with Crippen molar-refractivity contribution >= 4 is 29.2 Å². The number of hydrogen-bond acceptors (Lipinski definition) is 6. The van der Waals surface area contributed by atoms with Gasteiger partial charge in [-0.2, -0.15) is 0 Å². The number of rotatable bonds is 5. The number of nitrogens with zero attached hydrogens (tertiary/aromatic N) is 2. The van der Waals surface area contributed by atoms with Gasteiger partial charge >= 0.3 is 0 Å². The molecule has 0 aliphatic rings. The first kappa shape index (κ1) is 14.4. The van der Waals surface area contributed by atoms with Crippen LogP contribution in [0.1, 0.15) is 17.0 Å². The third-order valence-electron chi connectivity index (χ3n) is 2.73. The molecule has 6 nitrogen and oxygen atoms in total. The first-order valence-corrected chi connectivity index (χ1v) is 7.22. The number of pyridine rings is 1. The Morgan fingerprint density at radius 3 is 2.85 bits per heavy atom. The minimum atomic E-state index is -0.0756. The lowest BCUT2D eigenvalue weighted by Gasteiger charge is -2.05. The Hall–Kier alpha value is -2.02. The van der Waals surface area contributed by atoms with Crippen LogP contribution in [0.5, 0.6) is 0 Å². The Balaban J connectivity index is 1.79. The summed E-state index contributed by atoms with van der Waals surface area (Å²) in [6.45, 7) is 3.77. The molecule has 2 rings (SSSR count). The SMILES string of the molecule is Cc1noc(C)c1CSCC(=O)Nc1ccc(N)nc1. The molecule has 0 aliphatic carbocycles. The van der Waals surface area contributed by atoms with E-state index in [9.17, 15) is 4.79 Å². The Kier molecular flexibility index (Phi) is 4.62. The second-order valence-corrected chi connectivity index (χ2v) is 5.30. The molecule has 0 unspecified atom stereocenters. The fraction of sp³-hybridized carbons (Fsp3) is 0.308. The summed E-state index contributed by atoms with van der Waals surface area (Å²) in [4.78, 5) is 15.7. The van der Waals surface area contributed by atoms with Crippen molar-refractivity contribution in [1.82, 2.24) is 10.1 Å². The highest BCUT2D eigenvalue weighted by Gasteiger charge is 2.10. The molecule has 0 spiro atoms. The van der Waals surface area contributed by atoms with E-state index in [4.69, 9.17) is 10.3 Å². The van der Waals surface area contributed by atoms with Crippen LogP contribution in [0.4, 0.5) is 11.5 Å². The number of aryl methyl sites for hydroxylation is 2. The zero-order chi connectivity index (χ0) is 14.5. The number of aromatic nitrogens is 2. The summed E-state index contributed by atoms with van der Waals surface area (Å²) in [6, 6.07) is 3.37. The Labute approximate surface area is 121 Å². The third-order valence-corrected chi connectivity index (χ3v) is 3.69. The predicted molar refractivity (Wildman–Crippen MR) is 79.4 cm³/mol. The summed E-state index contributed by atoms with van der Waals surface area (Å²) in [6.07, 6.45) is 1.53. The van der Waals surface area contributed by atoms with Crippen molar-refractivity contribution in [2.24, 2.45) is 0 Å². The topological polar surface area (TPSA) is 94.0 Å². The lowest BCUT2D eigenvalue weighted by Crippen LogP contribution is -2.14. The summed E-state index contributed by atoms with van der Waals surface area (Å²) in [5.41, 5.74) is 8.04. The molecule has 0 radical (unpaired) electrons. The molecule has 2 aromatic heterocycles. The van der Waals surface area contributed by atoms with Crippen molar-refractivity contribution in [3.63, 3.8) is 0 Å². The van der Waals surface area contributed by atoms with Crippen LogP contribution in [0.25, 0.3) is 0 Å². The van der Waals surface area contributed by atoms with Crippen LogP contribution in [0, 0.1) is 13.8 Å². The molecule has 7 heteroatoms. The smallest absolute Gasteiger partial charge is 0.234 e. The van der Waals surface area contributed by atoms with E-state index in [1.807, 2.05) is 13.8 Å². The number of thioether (sulfide) groups is 1. The molecule has 0 fully saturated rings. The first-order chi connectivity index (χ1) is 9.56. The highest BCUT2D eigenvalue weighted by molar-refractivity contribution is 7.99. The van der Waals surface area contributed by atoms with Gasteiger partial charge < -0.3 is 15.6 Å². The van der Waals surface area contributed by atoms with Gasteiger partial charge in [-0.25, -0.2) is 4.98 Å². The minimum absolute atomic E-state index is 0.0756.